The van der Waals surface area contributed by atoms with Gasteiger partial charge in [0, 0.05) is 23.9 Å². The largest absolute Gasteiger partial charge is 0.364 e. The Morgan fingerprint density at radius 3 is 2.59 bits per heavy atom. The third kappa shape index (κ3) is 5.37. The van der Waals surface area contributed by atoms with Crippen LogP contribution in [-0.2, 0) is 11.2 Å². The van der Waals surface area contributed by atoms with Gasteiger partial charge in [0.15, 0.2) is 11.5 Å². The van der Waals surface area contributed by atoms with Crippen molar-refractivity contribution < 1.29 is 14.4 Å². The molecule has 0 radical (unpaired) electrons. The van der Waals surface area contributed by atoms with E-state index < -0.39 is 5.91 Å². The number of piperidine rings is 1. The average Bonchev–Trinajstić information content (AvgIpc) is 3.26. The summed E-state index contributed by atoms with van der Waals surface area (Å²) in [6.07, 6.45) is 8.14. The minimum Gasteiger partial charge on any atom is -0.364 e. The van der Waals surface area contributed by atoms with E-state index in [0.717, 1.165) is 24.8 Å². The molecule has 1 aromatic carbocycles. The van der Waals surface area contributed by atoms with Crippen LogP contribution in [0.25, 0.3) is 11.3 Å². The maximum Gasteiger partial charge on any atom is 0.269 e. The molecular formula is C27H31N7O3. The number of hydrogen-bond acceptors (Lipinski definition) is 6. The summed E-state index contributed by atoms with van der Waals surface area (Å²) in [6.45, 7) is 4.38. The Bertz CT molecular complexity index is 1340. The van der Waals surface area contributed by atoms with E-state index in [0.29, 0.717) is 41.4 Å². The number of allylic oxidation sites excluding steroid dienone is 1. The molecule has 0 aliphatic carbocycles. The van der Waals surface area contributed by atoms with Crippen LogP contribution in [-0.4, -0.2) is 43.8 Å². The number of primary amides is 1. The molecule has 2 aromatic heterocycles. The van der Waals surface area contributed by atoms with E-state index in [4.69, 9.17) is 11.6 Å². The molecule has 3 amide bonds. The van der Waals surface area contributed by atoms with E-state index in [1.807, 2.05) is 19.1 Å². The Kier molecular flexibility index (Phi) is 7.66. The number of nitrogens with zero attached hydrogens (tertiary/aromatic N) is 4. The molecule has 1 aliphatic rings. The molecule has 0 spiro atoms. The number of carbonyl (C=O) groups is 3. The van der Waals surface area contributed by atoms with Crippen LogP contribution >= 0.6 is 0 Å². The molecule has 3 heterocycles. The number of rotatable bonds is 7. The quantitative estimate of drug-likeness (QED) is 0.334. The van der Waals surface area contributed by atoms with Gasteiger partial charge in [0.2, 0.25) is 5.91 Å². The molecule has 10 nitrogen and oxygen atoms in total. The number of pyridine rings is 1. The number of aryl methyl sites for hydroxylation is 1. The van der Waals surface area contributed by atoms with Crippen molar-refractivity contribution in [3.8, 4) is 11.3 Å². The predicted octanol–water partition coefficient (Wildman–Crippen LogP) is 3.20. The first-order valence-electron chi connectivity index (χ1n) is 12.3. The van der Waals surface area contributed by atoms with Crippen LogP contribution in [0.1, 0.15) is 71.4 Å². The topological polar surface area (TPSA) is 149 Å². The van der Waals surface area contributed by atoms with Crippen LogP contribution in [0.15, 0.2) is 54.7 Å². The van der Waals surface area contributed by atoms with Crippen molar-refractivity contribution in [1.29, 1.82) is 0 Å². The summed E-state index contributed by atoms with van der Waals surface area (Å²) in [7, 11) is 0. The molecule has 37 heavy (non-hydrogen) atoms. The van der Waals surface area contributed by atoms with Gasteiger partial charge in [-0.25, -0.2) is 14.6 Å². The standard InChI is InChI=1S/C27H31N7O3/c1-3-7-22(35)33-15-6-5-8-20(33)26-32-23(24(25(28)36)34(26)29)18-9-11-19(12-10-18)27(37)31-21-16-17(4-2)13-14-30-21/h3,7,9-14,16,20H,4-6,8,15,29H2,1-2H3,(H2,28,36)(H,30,31,37)/b7-3+. The van der Waals surface area contributed by atoms with Gasteiger partial charge in [0.25, 0.3) is 11.8 Å². The van der Waals surface area contributed by atoms with Crippen LogP contribution in [0.2, 0.25) is 0 Å². The Morgan fingerprint density at radius 1 is 1.16 bits per heavy atom. The summed E-state index contributed by atoms with van der Waals surface area (Å²) in [6, 6.07) is 9.99. The highest BCUT2D eigenvalue weighted by atomic mass is 16.2. The Hall–Kier alpha value is -4.47. The van der Waals surface area contributed by atoms with Gasteiger partial charge in [0.1, 0.15) is 11.5 Å². The lowest BCUT2D eigenvalue weighted by Gasteiger charge is -2.34. The minimum atomic E-state index is -0.734. The number of carbonyl (C=O) groups excluding carboxylic acids is 3. The van der Waals surface area contributed by atoms with Crippen LogP contribution in [0.5, 0.6) is 0 Å². The van der Waals surface area contributed by atoms with Crippen LogP contribution in [0.3, 0.4) is 0 Å². The molecule has 0 saturated carbocycles. The van der Waals surface area contributed by atoms with Crippen molar-refractivity contribution in [2.45, 2.75) is 45.6 Å². The van der Waals surface area contributed by atoms with Gasteiger partial charge in [0.05, 0.1) is 6.04 Å². The number of nitrogens with one attached hydrogen (secondary N) is 1. The molecule has 192 valence electrons. The summed E-state index contributed by atoms with van der Waals surface area (Å²) in [5.74, 6) is 6.01. The fraction of sp³-hybridized carbons (Fsp3) is 0.296. The number of likely N-dealkylation sites (tertiary alicyclic amines) is 1. The maximum atomic E-state index is 12.7. The van der Waals surface area contributed by atoms with E-state index in [9.17, 15) is 14.4 Å². The number of aromatic nitrogens is 3. The number of nitrogen functional groups attached to an aromatic ring is 1. The molecule has 1 unspecified atom stereocenters. The van der Waals surface area contributed by atoms with Crippen molar-refractivity contribution in [3.63, 3.8) is 0 Å². The van der Waals surface area contributed by atoms with Crippen molar-refractivity contribution >= 4 is 23.5 Å². The van der Waals surface area contributed by atoms with E-state index in [1.54, 1.807) is 48.4 Å². The average molecular weight is 502 g/mol. The van der Waals surface area contributed by atoms with Crippen molar-refractivity contribution in [2.24, 2.45) is 5.73 Å². The zero-order valence-electron chi connectivity index (χ0n) is 21.0. The van der Waals surface area contributed by atoms with Gasteiger partial charge >= 0.3 is 0 Å². The highest BCUT2D eigenvalue weighted by Gasteiger charge is 2.33. The number of imidazole rings is 1. The molecule has 10 heteroatoms. The van der Waals surface area contributed by atoms with E-state index >= 15 is 0 Å². The predicted molar refractivity (Wildman–Crippen MR) is 141 cm³/mol. The molecule has 0 bridgehead atoms. The third-order valence-electron chi connectivity index (χ3n) is 6.46. The van der Waals surface area contributed by atoms with Crippen LogP contribution in [0.4, 0.5) is 5.82 Å². The van der Waals surface area contributed by atoms with E-state index in [2.05, 4.69) is 15.3 Å². The highest BCUT2D eigenvalue weighted by Crippen LogP contribution is 2.33. The van der Waals surface area contributed by atoms with Gasteiger partial charge < -0.3 is 21.8 Å². The second-order valence-corrected chi connectivity index (χ2v) is 8.88. The molecule has 1 fully saturated rings. The molecule has 5 N–H and O–H groups in total. The molecule has 1 atom stereocenters. The van der Waals surface area contributed by atoms with Crippen molar-refractivity contribution in [3.05, 3.63) is 77.4 Å². The smallest absolute Gasteiger partial charge is 0.269 e. The van der Waals surface area contributed by atoms with Crippen LogP contribution < -0.4 is 16.9 Å². The molecule has 1 saturated heterocycles. The molecule has 1 aliphatic heterocycles. The fourth-order valence-electron chi connectivity index (χ4n) is 4.55. The number of anilines is 1. The zero-order valence-corrected chi connectivity index (χ0v) is 21.0. The number of amides is 3. The second-order valence-electron chi connectivity index (χ2n) is 8.88. The van der Waals surface area contributed by atoms with Crippen LogP contribution in [0, 0.1) is 0 Å². The van der Waals surface area contributed by atoms with E-state index in [-0.39, 0.29) is 23.6 Å². The monoisotopic (exact) mass is 501 g/mol. The lowest BCUT2D eigenvalue weighted by Crippen LogP contribution is -2.39. The zero-order chi connectivity index (χ0) is 26.5. The van der Waals surface area contributed by atoms with Gasteiger partial charge in [-0.15, -0.1) is 0 Å². The van der Waals surface area contributed by atoms with Gasteiger partial charge in [-0.3, -0.25) is 14.4 Å². The van der Waals surface area contributed by atoms with E-state index in [1.165, 1.54) is 10.8 Å². The third-order valence-corrected chi connectivity index (χ3v) is 6.46. The lowest BCUT2D eigenvalue weighted by atomic mass is 10.0. The highest BCUT2D eigenvalue weighted by molar-refractivity contribution is 6.04. The summed E-state index contributed by atoms with van der Waals surface area (Å²) < 4.78 is 1.19. The Labute approximate surface area is 215 Å². The first-order valence-corrected chi connectivity index (χ1v) is 12.3. The SMILES string of the molecule is C/C=C/C(=O)N1CCCCC1c1nc(-c2ccc(C(=O)Nc3cc(CC)ccn3)cc2)c(C(N)=O)n1N. The maximum absolute atomic E-state index is 12.7. The summed E-state index contributed by atoms with van der Waals surface area (Å²) in [4.78, 5) is 48.4. The summed E-state index contributed by atoms with van der Waals surface area (Å²) in [5.41, 5.74) is 8.08. The lowest BCUT2D eigenvalue weighted by molar-refractivity contribution is -0.130. The van der Waals surface area contributed by atoms with Crippen molar-refractivity contribution in [1.82, 2.24) is 19.5 Å². The second kappa shape index (κ2) is 11.1. The van der Waals surface area contributed by atoms with Crippen molar-refractivity contribution in [2.75, 3.05) is 17.7 Å². The summed E-state index contributed by atoms with van der Waals surface area (Å²) >= 11 is 0. The number of benzene rings is 1. The first-order chi connectivity index (χ1) is 17.8. The number of hydrogen-bond donors (Lipinski definition) is 3. The first kappa shape index (κ1) is 25.6. The number of nitrogens with two attached hydrogens (primary N) is 2. The molecule has 3 aromatic rings. The summed E-state index contributed by atoms with van der Waals surface area (Å²) in [5, 5.41) is 2.80. The van der Waals surface area contributed by atoms with Gasteiger partial charge in [-0.2, -0.15) is 0 Å². The normalized spacial score (nSPS) is 15.6. The fourth-order valence-corrected chi connectivity index (χ4v) is 4.55. The Morgan fingerprint density at radius 2 is 1.92 bits per heavy atom. The van der Waals surface area contributed by atoms with Gasteiger partial charge in [-0.1, -0.05) is 25.1 Å². The molecular weight excluding hydrogens is 470 g/mol. The Balaban J connectivity index is 1.64. The van der Waals surface area contributed by atoms with Gasteiger partial charge in [-0.05, 0) is 68.5 Å². The molecule has 4 rings (SSSR count). The minimum absolute atomic E-state index is 0.0387.